The first kappa shape index (κ1) is 10.1. The Morgan fingerprint density at radius 1 is 1.29 bits per heavy atom. The van der Waals surface area contributed by atoms with Crippen LogP contribution in [0.15, 0.2) is 11.3 Å². The molecule has 0 aliphatic heterocycles. The number of ether oxygens (including phenoxy) is 1. The lowest BCUT2D eigenvalue weighted by atomic mass is 9.97. The highest BCUT2D eigenvalue weighted by Crippen LogP contribution is 2.50. The predicted octanol–water partition coefficient (Wildman–Crippen LogP) is 4.04. The predicted molar refractivity (Wildman–Crippen MR) is 59.1 cm³/mol. The molecule has 0 N–H and O–H groups in total. The van der Waals surface area contributed by atoms with Gasteiger partial charge in [-0.3, -0.25) is 0 Å². The Morgan fingerprint density at radius 2 is 1.93 bits per heavy atom. The van der Waals surface area contributed by atoms with Gasteiger partial charge in [0, 0.05) is 0 Å². The zero-order valence-corrected chi connectivity index (χ0v) is 9.73. The fourth-order valence-corrected chi connectivity index (χ4v) is 2.94. The molecule has 0 aromatic rings. The normalized spacial score (nSPS) is 37.2. The van der Waals surface area contributed by atoms with E-state index in [-0.39, 0.29) is 5.60 Å². The number of hydrogen-bond acceptors (Lipinski definition) is 1. The monoisotopic (exact) mass is 194 g/mol. The van der Waals surface area contributed by atoms with E-state index in [4.69, 9.17) is 4.74 Å². The smallest absolute Gasteiger partial charge is 0.109 e. The van der Waals surface area contributed by atoms with Crippen molar-refractivity contribution < 1.29 is 4.74 Å². The van der Waals surface area contributed by atoms with Gasteiger partial charge < -0.3 is 4.74 Å². The Morgan fingerprint density at radius 3 is 2.36 bits per heavy atom. The molecule has 2 saturated carbocycles. The molecule has 80 valence electrons. The molecular formula is C13H22O. The zero-order chi connectivity index (χ0) is 10.2. The van der Waals surface area contributed by atoms with Gasteiger partial charge in [0.15, 0.2) is 0 Å². The van der Waals surface area contributed by atoms with Gasteiger partial charge in [-0.15, -0.1) is 0 Å². The molecule has 2 aliphatic rings. The second kappa shape index (κ2) is 3.60. The summed E-state index contributed by atoms with van der Waals surface area (Å²) in [4.78, 5) is 0. The largest absolute Gasteiger partial charge is 0.492 e. The van der Waals surface area contributed by atoms with Crippen molar-refractivity contribution in [3.05, 3.63) is 11.3 Å². The molecular weight excluding hydrogens is 172 g/mol. The summed E-state index contributed by atoms with van der Waals surface area (Å²) in [5.41, 5.74) is 1.67. The van der Waals surface area contributed by atoms with Crippen LogP contribution in [0, 0.1) is 5.92 Å². The standard InChI is InChI=1S/C13H22O/c1-4-10(2)11(3)14-13-7-5-12(9-13)6-8-13/h12H,4-9H2,1-3H3. The van der Waals surface area contributed by atoms with Gasteiger partial charge in [-0.25, -0.2) is 0 Å². The van der Waals surface area contributed by atoms with Gasteiger partial charge in [-0.1, -0.05) is 6.92 Å². The first-order valence-electron chi connectivity index (χ1n) is 6.00. The van der Waals surface area contributed by atoms with Crippen LogP contribution < -0.4 is 0 Å². The molecule has 2 bridgehead atoms. The van der Waals surface area contributed by atoms with E-state index in [9.17, 15) is 0 Å². The van der Waals surface area contributed by atoms with Crippen LogP contribution in [0.1, 0.15) is 59.3 Å². The Labute approximate surface area is 87.5 Å². The highest BCUT2D eigenvalue weighted by atomic mass is 16.5. The van der Waals surface area contributed by atoms with Gasteiger partial charge in [-0.05, 0) is 63.9 Å². The molecule has 0 spiro atoms. The summed E-state index contributed by atoms with van der Waals surface area (Å²) < 4.78 is 6.22. The van der Waals surface area contributed by atoms with Crippen LogP contribution in [0.4, 0.5) is 0 Å². The van der Waals surface area contributed by atoms with Crippen LogP contribution in [-0.2, 0) is 4.74 Å². The third-order valence-electron chi connectivity index (χ3n) is 4.18. The van der Waals surface area contributed by atoms with E-state index in [1.54, 1.807) is 0 Å². The van der Waals surface area contributed by atoms with Gasteiger partial charge in [0.05, 0.1) is 5.76 Å². The topological polar surface area (TPSA) is 9.23 Å². The highest BCUT2D eigenvalue weighted by molar-refractivity contribution is 5.07. The third kappa shape index (κ3) is 1.69. The van der Waals surface area contributed by atoms with Crippen molar-refractivity contribution in [1.29, 1.82) is 0 Å². The summed E-state index contributed by atoms with van der Waals surface area (Å²) >= 11 is 0. The molecule has 1 heteroatoms. The average molecular weight is 194 g/mol. The average Bonchev–Trinajstić information content (AvgIpc) is 2.75. The number of fused-ring (bicyclic) bond motifs is 2. The summed E-state index contributed by atoms with van der Waals surface area (Å²) in [6.07, 6.45) is 7.83. The van der Waals surface area contributed by atoms with Crippen molar-refractivity contribution in [1.82, 2.24) is 0 Å². The van der Waals surface area contributed by atoms with Gasteiger partial charge in [0.1, 0.15) is 5.60 Å². The van der Waals surface area contributed by atoms with Crippen LogP contribution in [0.2, 0.25) is 0 Å². The van der Waals surface area contributed by atoms with E-state index in [0.717, 1.165) is 12.3 Å². The van der Waals surface area contributed by atoms with Crippen molar-refractivity contribution in [3.63, 3.8) is 0 Å². The molecule has 0 radical (unpaired) electrons. The molecule has 0 atom stereocenters. The number of hydrogen-bond donors (Lipinski definition) is 0. The molecule has 2 fully saturated rings. The summed E-state index contributed by atoms with van der Waals surface area (Å²) in [6, 6.07) is 0. The van der Waals surface area contributed by atoms with Crippen molar-refractivity contribution in [3.8, 4) is 0 Å². The van der Waals surface area contributed by atoms with E-state index in [1.807, 2.05) is 0 Å². The van der Waals surface area contributed by atoms with Gasteiger partial charge in [0.25, 0.3) is 0 Å². The zero-order valence-electron chi connectivity index (χ0n) is 9.73. The maximum Gasteiger partial charge on any atom is 0.109 e. The van der Waals surface area contributed by atoms with Crippen LogP contribution in [0.5, 0.6) is 0 Å². The minimum atomic E-state index is 0.255. The first-order chi connectivity index (χ1) is 6.65. The minimum absolute atomic E-state index is 0.255. The van der Waals surface area contributed by atoms with E-state index in [2.05, 4.69) is 20.8 Å². The van der Waals surface area contributed by atoms with Crippen LogP contribution in [-0.4, -0.2) is 5.60 Å². The van der Waals surface area contributed by atoms with E-state index < -0.39 is 0 Å². The van der Waals surface area contributed by atoms with Crippen molar-refractivity contribution in [2.24, 2.45) is 5.92 Å². The maximum atomic E-state index is 6.22. The highest BCUT2D eigenvalue weighted by Gasteiger charge is 2.46. The molecule has 0 saturated heterocycles. The van der Waals surface area contributed by atoms with Gasteiger partial charge >= 0.3 is 0 Å². The molecule has 0 heterocycles. The molecule has 1 nitrogen and oxygen atoms in total. The number of allylic oxidation sites excluding steroid dienone is 2. The number of rotatable bonds is 3. The summed E-state index contributed by atoms with van der Waals surface area (Å²) in [5, 5.41) is 0. The Balaban J connectivity index is 2.03. The van der Waals surface area contributed by atoms with E-state index in [1.165, 1.54) is 43.4 Å². The lowest BCUT2D eigenvalue weighted by Crippen LogP contribution is -2.26. The second-order valence-corrected chi connectivity index (χ2v) is 5.12. The molecule has 0 amide bonds. The first-order valence-corrected chi connectivity index (χ1v) is 6.00. The molecule has 0 aromatic carbocycles. The summed E-state index contributed by atoms with van der Waals surface area (Å²) in [5.74, 6) is 2.17. The fourth-order valence-electron chi connectivity index (χ4n) is 2.94. The molecule has 14 heavy (non-hydrogen) atoms. The Hall–Kier alpha value is -0.460. The molecule has 0 aromatic heterocycles. The Bertz CT molecular complexity index is 244. The molecule has 2 rings (SSSR count). The van der Waals surface area contributed by atoms with Crippen LogP contribution in [0.25, 0.3) is 0 Å². The molecule has 0 unspecified atom stereocenters. The van der Waals surface area contributed by atoms with Crippen LogP contribution in [0.3, 0.4) is 0 Å². The fraction of sp³-hybridized carbons (Fsp3) is 0.846. The third-order valence-corrected chi connectivity index (χ3v) is 4.18. The lowest BCUT2D eigenvalue weighted by molar-refractivity contribution is 0.0103. The minimum Gasteiger partial charge on any atom is -0.492 e. The maximum absolute atomic E-state index is 6.22. The Kier molecular flexibility index (Phi) is 2.59. The summed E-state index contributed by atoms with van der Waals surface area (Å²) in [6.45, 7) is 6.53. The molecule has 2 aliphatic carbocycles. The van der Waals surface area contributed by atoms with Crippen molar-refractivity contribution in [2.75, 3.05) is 0 Å². The second-order valence-electron chi connectivity index (χ2n) is 5.12. The lowest BCUT2D eigenvalue weighted by Gasteiger charge is -2.29. The van der Waals surface area contributed by atoms with Gasteiger partial charge in [0.2, 0.25) is 0 Å². The quantitative estimate of drug-likeness (QED) is 0.616. The van der Waals surface area contributed by atoms with E-state index in [0.29, 0.717) is 0 Å². The van der Waals surface area contributed by atoms with Crippen molar-refractivity contribution in [2.45, 2.75) is 64.9 Å². The van der Waals surface area contributed by atoms with Gasteiger partial charge in [-0.2, -0.15) is 0 Å². The van der Waals surface area contributed by atoms with Crippen LogP contribution >= 0.6 is 0 Å². The van der Waals surface area contributed by atoms with Crippen molar-refractivity contribution >= 4 is 0 Å². The summed E-state index contributed by atoms with van der Waals surface area (Å²) in [7, 11) is 0. The SMILES string of the molecule is CCC(C)=C(C)OC12CCC(CC1)C2. The van der Waals surface area contributed by atoms with E-state index >= 15 is 0 Å².